The van der Waals surface area contributed by atoms with Gasteiger partial charge in [0.25, 0.3) is 0 Å². The van der Waals surface area contributed by atoms with E-state index in [0.717, 1.165) is 32.1 Å². The van der Waals surface area contributed by atoms with E-state index in [1.54, 1.807) is 0 Å². The van der Waals surface area contributed by atoms with Crippen molar-refractivity contribution in [1.29, 1.82) is 0 Å². The number of esters is 2. The number of nitrogens with zero attached hydrogens (tertiary/aromatic N) is 1. The van der Waals surface area contributed by atoms with Crippen LogP contribution >= 0.6 is 7.82 Å². The van der Waals surface area contributed by atoms with Crippen molar-refractivity contribution in [2.24, 2.45) is 0 Å². The van der Waals surface area contributed by atoms with Crippen molar-refractivity contribution in [1.82, 2.24) is 0 Å². The van der Waals surface area contributed by atoms with E-state index in [0.29, 0.717) is 23.9 Å². The molecule has 0 aliphatic carbocycles. The highest BCUT2D eigenvalue weighted by atomic mass is 31.2. The molecule has 0 saturated carbocycles. The average Bonchev–Trinajstić information content (AvgIpc) is 3.01. The van der Waals surface area contributed by atoms with Gasteiger partial charge in [0.2, 0.25) is 0 Å². The molecule has 280 valence electrons. The van der Waals surface area contributed by atoms with Crippen molar-refractivity contribution in [3.8, 4) is 0 Å². The number of likely N-dealkylation sites (N-methyl/N-ethyl adjacent to an activating group) is 1. The third kappa shape index (κ3) is 34.7. The van der Waals surface area contributed by atoms with Crippen molar-refractivity contribution in [3.05, 3.63) is 0 Å². The summed E-state index contributed by atoms with van der Waals surface area (Å²) < 4.78 is 34.1. The molecule has 9 nitrogen and oxygen atoms in total. The summed E-state index contributed by atoms with van der Waals surface area (Å²) >= 11 is 0. The molecular weight excluding hydrogens is 617 g/mol. The zero-order valence-electron chi connectivity index (χ0n) is 31.3. The predicted octanol–water partition coefficient (Wildman–Crippen LogP) is 10.1. The van der Waals surface area contributed by atoms with Crippen molar-refractivity contribution >= 4 is 19.8 Å². The minimum absolute atomic E-state index is 0.0363. The van der Waals surface area contributed by atoms with Gasteiger partial charge in [-0.05, 0) is 12.8 Å². The van der Waals surface area contributed by atoms with E-state index < -0.39 is 26.5 Å². The molecule has 47 heavy (non-hydrogen) atoms. The van der Waals surface area contributed by atoms with Crippen LogP contribution in [-0.2, 0) is 32.7 Å². The number of carbonyl (C=O) groups is 2. The smallest absolute Gasteiger partial charge is 0.462 e. The average molecular weight is 693 g/mol. The van der Waals surface area contributed by atoms with Gasteiger partial charge in [-0.3, -0.25) is 18.6 Å². The van der Waals surface area contributed by atoms with Crippen molar-refractivity contribution in [3.63, 3.8) is 0 Å². The lowest BCUT2D eigenvalue weighted by Gasteiger charge is -2.24. The number of phosphoric acid groups is 1. The first-order valence-electron chi connectivity index (χ1n) is 19.3. The van der Waals surface area contributed by atoms with Crippen LogP contribution in [0, 0.1) is 0 Å². The first-order valence-corrected chi connectivity index (χ1v) is 20.8. The number of carbonyl (C=O) groups excluding carboxylic acids is 2. The lowest BCUT2D eigenvalue weighted by Crippen LogP contribution is -2.37. The molecule has 0 aliphatic rings. The lowest BCUT2D eigenvalue weighted by molar-refractivity contribution is -0.870. The molecule has 10 heteroatoms. The van der Waals surface area contributed by atoms with Gasteiger partial charge >= 0.3 is 19.8 Å². The molecule has 0 saturated heterocycles. The Morgan fingerprint density at radius 1 is 0.574 bits per heavy atom. The van der Waals surface area contributed by atoms with Crippen LogP contribution in [0.1, 0.15) is 174 Å². The van der Waals surface area contributed by atoms with Crippen LogP contribution in [0.4, 0.5) is 0 Å². The van der Waals surface area contributed by atoms with Gasteiger partial charge in [0.15, 0.2) is 6.10 Å². The van der Waals surface area contributed by atoms with Gasteiger partial charge in [0.1, 0.15) is 19.8 Å². The Hall–Kier alpha value is -0.990. The summed E-state index contributed by atoms with van der Waals surface area (Å²) in [7, 11) is 1.49. The maximum atomic E-state index is 12.6. The third-order valence-corrected chi connectivity index (χ3v) is 9.37. The van der Waals surface area contributed by atoms with Crippen LogP contribution in [0.5, 0.6) is 0 Å². The summed E-state index contributed by atoms with van der Waals surface area (Å²) in [5, 5.41) is 0. The van der Waals surface area contributed by atoms with Gasteiger partial charge in [0, 0.05) is 12.8 Å². The van der Waals surface area contributed by atoms with E-state index in [-0.39, 0.29) is 25.6 Å². The Balaban J connectivity index is 4.42. The molecule has 0 aromatic heterocycles. The SMILES string of the molecule is CCCCCCCCCCCCCCC(=O)O[C@@H](COC(=O)CCCCCCCCCCCCC)COP(=O)(O)OCC[N+](C)(C)C. The predicted molar refractivity (Wildman–Crippen MR) is 192 cm³/mol. The molecule has 0 fully saturated rings. The Labute approximate surface area is 289 Å². The Morgan fingerprint density at radius 3 is 1.36 bits per heavy atom. The van der Waals surface area contributed by atoms with E-state index >= 15 is 0 Å². The van der Waals surface area contributed by atoms with Crippen LogP contribution in [0.2, 0.25) is 0 Å². The third-order valence-electron chi connectivity index (χ3n) is 8.39. The van der Waals surface area contributed by atoms with Crippen LogP contribution in [0.3, 0.4) is 0 Å². The van der Waals surface area contributed by atoms with E-state index in [4.69, 9.17) is 18.5 Å². The highest BCUT2D eigenvalue weighted by Gasteiger charge is 2.27. The van der Waals surface area contributed by atoms with Gasteiger partial charge < -0.3 is 18.9 Å². The van der Waals surface area contributed by atoms with Crippen molar-refractivity contribution < 1.29 is 42.1 Å². The van der Waals surface area contributed by atoms with Crippen LogP contribution < -0.4 is 0 Å². The van der Waals surface area contributed by atoms with Crippen LogP contribution in [0.25, 0.3) is 0 Å². The molecule has 1 unspecified atom stereocenters. The van der Waals surface area contributed by atoms with E-state index in [9.17, 15) is 19.0 Å². The molecule has 1 N–H and O–H groups in total. The van der Waals surface area contributed by atoms with Gasteiger partial charge in [-0.25, -0.2) is 4.57 Å². The molecular formula is C37H75NO8P+. The fraction of sp³-hybridized carbons (Fsp3) is 0.946. The number of hydrogen-bond donors (Lipinski definition) is 1. The number of ether oxygens (including phenoxy) is 2. The summed E-state index contributed by atoms with van der Waals surface area (Å²) in [6, 6.07) is 0. The van der Waals surface area contributed by atoms with Crippen molar-refractivity contribution in [2.45, 2.75) is 180 Å². The van der Waals surface area contributed by atoms with E-state index in [1.165, 1.54) is 109 Å². The van der Waals surface area contributed by atoms with Crippen LogP contribution in [-0.4, -0.2) is 74.9 Å². The lowest BCUT2D eigenvalue weighted by atomic mass is 10.0. The summed E-state index contributed by atoms with van der Waals surface area (Å²) in [6.45, 7) is 4.41. The second-order valence-electron chi connectivity index (χ2n) is 14.3. The Bertz CT molecular complexity index is 789. The standard InChI is InChI=1S/C37H74NO8P/c1-6-8-10-12-14-16-18-20-22-24-26-28-30-37(40)46-35(34-45-47(41,42)44-32-31-38(3,4)5)33-43-36(39)29-27-25-23-21-19-17-15-13-11-9-7-2/h35H,6-34H2,1-5H3/p+1/t35-/m0/s1. The molecule has 0 heterocycles. The van der Waals surface area contributed by atoms with E-state index in [1.807, 2.05) is 21.1 Å². The van der Waals surface area contributed by atoms with Crippen LogP contribution in [0.15, 0.2) is 0 Å². The second kappa shape index (κ2) is 31.0. The topological polar surface area (TPSA) is 108 Å². The normalized spacial score (nSPS) is 13.7. The first-order chi connectivity index (χ1) is 22.5. The number of quaternary nitrogens is 1. The zero-order chi connectivity index (χ0) is 35.1. The summed E-state index contributed by atoms with van der Waals surface area (Å²) in [5.41, 5.74) is 0. The maximum absolute atomic E-state index is 12.6. The molecule has 0 aromatic rings. The number of phosphoric ester groups is 1. The minimum atomic E-state index is -4.36. The quantitative estimate of drug-likeness (QED) is 0.0303. The molecule has 0 amide bonds. The zero-order valence-corrected chi connectivity index (χ0v) is 32.2. The Kier molecular flexibility index (Phi) is 30.4. The van der Waals surface area contributed by atoms with Crippen molar-refractivity contribution in [2.75, 3.05) is 47.5 Å². The molecule has 0 radical (unpaired) electrons. The highest BCUT2D eigenvalue weighted by Crippen LogP contribution is 2.43. The summed E-state index contributed by atoms with van der Waals surface area (Å²) in [5.74, 6) is -0.792. The monoisotopic (exact) mass is 693 g/mol. The largest absolute Gasteiger partial charge is 0.472 e. The minimum Gasteiger partial charge on any atom is -0.462 e. The molecule has 0 rings (SSSR count). The molecule has 0 bridgehead atoms. The van der Waals surface area contributed by atoms with Gasteiger partial charge in [0.05, 0.1) is 27.7 Å². The Morgan fingerprint density at radius 2 is 0.957 bits per heavy atom. The maximum Gasteiger partial charge on any atom is 0.472 e. The number of unbranched alkanes of at least 4 members (excludes halogenated alkanes) is 21. The second-order valence-corrected chi connectivity index (χ2v) is 15.8. The first kappa shape index (κ1) is 46.0. The fourth-order valence-corrected chi connectivity index (χ4v) is 6.05. The summed E-state index contributed by atoms with van der Waals surface area (Å²) in [4.78, 5) is 35.1. The molecule has 0 spiro atoms. The number of hydrogen-bond acceptors (Lipinski definition) is 7. The van der Waals surface area contributed by atoms with Gasteiger partial charge in [-0.15, -0.1) is 0 Å². The van der Waals surface area contributed by atoms with Gasteiger partial charge in [-0.2, -0.15) is 0 Å². The fourth-order valence-electron chi connectivity index (χ4n) is 5.31. The highest BCUT2D eigenvalue weighted by molar-refractivity contribution is 7.47. The van der Waals surface area contributed by atoms with E-state index in [2.05, 4.69) is 13.8 Å². The molecule has 0 aromatic carbocycles. The van der Waals surface area contributed by atoms with Gasteiger partial charge in [-0.1, -0.05) is 149 Å². The number of rotatable bonds is 35. The molecule has 2 atom stereocenters. The summed E-state index contributed by atoms with van der Waals surface area (Å²) in [6.07, 6.45) is 27.1. The molecule has 0 aliphatic heterocycles.